The van der Waals surface area contributed by atoms with Crippen molar-refractivity contribution in [1.29, 1.82) is 0 Å². The summed E-state index contributed by atoms with van der Waals surface area (Å²) in [5.74, 6) is 0.224. The lowest BCUT2D eigenvalue weighted by molar-refractivity contribution is -0.117. The van der Waals surface area contributed by atoms with Crippen molar-refractivity contribution in [1.82, 2.24) is 4.98 Å². The van der Waals surface area contributed by atoms with Gasteiger partial charge in [0.15, 0.2) is 0 Å². The molecule has 1 saturated heterocycles. The second-order valence-corrected chi connectivity index (χ2v) is 5.69. The summed E-state index contributed by atoms with van der Waals surface area (Å²) < 4.78 is 0. The summed E-state index contributed by atoms with van der Waals surface area (Å²) in [6.45, 7) is 2.92. The highest BCUT2D eigenvalue weighted by molar-refractivity contribution is 7.07. The predicted octanol–water partition coefficient (Wildman–Crippen LogP) is 3.44. The zero-order valence-corrected chi connectivity index (χ0v) is 12.2. The molecule has 1 aromatic heterocycles. The number of carbonyl (C=O) groups excluding carboxylic acids is 1. The lowest BCUT2D eigenvalue weighted by atomic mass is 10.2. The van der Waals surface area contributed by atoms with Gasteiger partial charge >= 0.3 is 0 Å². The third-order valence-corrected chi connectivity index (χ3v) is 4.14. The minimum Gasteiger partial charge on any atom is -0.377 e. The van der Waals surface area contributed by atoms with Gasteiger partial charge in [-0.2, -0.15) is 0 Å². The standard InChI is InChI=1S/C15H17N3OS/c1-11(14-9-20-10-16-14)17-12-4-6-13(7-5-12)18-8-2-3-15(18)19/h4-7,9-11,17H,2-3,8H2,1H3. The van der Waals surface area contributed by atoms with Gasteiger partial charge in [-0.25, -0.2) is 4.98 Å². The first kappa shape index (κ1) is 13.1. The minimum atomic E-state index is 0.181. The van der Waals surface area contributed by atoms with Crippen LogP contribution in [-0.4, -0.2) is 17.4 Å². The number of amides is 1. The van der Waals surface area contributed by atoms with Gasteiger partial charge in [-0.05, 0) is 37.6 Å². The second kappa shape index (κ2) is 5.63. The predicted molar refractivity (Wildman–Crippen MR) is 82.2 cm³/mol. The maximum Gasteiger partial charge on any atom is 0.227 e. The Morgan fingerprint density at radius 1 is 1.35 bits per heavy atom. The molecule has 1 aliphatic heterocycles. The smallest absolute Gasteiger partial charge is 0.227 e. The monoisotopic (exact) mass is 287 g/mol. The first-order valence-corrected chi connectivity index (χ1v) is 7.73. The molecule has 1 amide bonds. The fraction of sp³-hybridized carbons (Fsp3) is 0.333. The van der Waals surface area contributed by atoms with E-state index in [0.29, 0.717) is 6.42 Å². The first-order chi connectivity index (χ1) is 9.74. The van der Waals surface area contributed by atoms with E-state index in [4.69, 9.17) is 0 Å². The van der Waals surface area contributed by atoms with Crippen LogP contribution in [0.3, 0.4) is 0 Å². The van der Waals surface area contributed by atoms with Crippen LogP contribution in [0.25, 0.3) is 0 Å². The zero-order valence-electron chi connectivity index (χ0n) is 11.4. The van der Waals surface area contributed by atoms with Gasteiger partial charge in [0, 0.05) is 29.7 Å². The van der Waals surface area contributed by atoms with E-state index in [2.05, 4.69) is 22.6 Å². The van der Waals surface area contributed by atoms with Gasteiger partial charge in [0.25, 0.3) is 0 Å². The quantitative estimate of drug-likeness (QED) is 0.937. The van der Waals surface area contributed by atoms with Gasteiger partial charge in [0.1, 0.15) is 0 Å². The molecule has 1 N–H and O–H groups in total. The van der Waals surface area contributed by atoms with E-state index in [-0.39, 0.29) is 11.9 Å². The minimum absolute atomic E-state index is 0.181. The number of benzene rings is 1. The molecule has 0 radical (unpaired) electrons. The lowest BCUT2D eigenvalue weighted by Gasteiger charge is -2.17. The van der Waals surface area contributed by atoms with Crippen LogP contribution >= 0.6 is 11.3 Å². The topological polar surface area (TPSA) is 45.2 Å². The van der Waals surface area contributed by atoms with Gasteiger partial charge in [-0.3, -0.25) is 4.79 Å². The van der Waals surface area contributed by atoms with Gasteiger partial charge < -0.3 is 10.2 Å². The number of anilines is 2. The molecule has 1 aromatic carbocycles. The SMILES string of the molecule is CC(Nc1ccc(N2CCCC2=O)cc1)c1cscn1. The third kappa shape index (κ3) is 2.67. The molecule has 1 atom stereocenters. The maximum absolute atomic E-state index is 11.7. The highest BCUT2D eigenvalue weighted by Crippen LogP contribution is 2.25. The molecule has 20 heavy (non-hydrogen) atoms. The van der Waals surface area contributed by atoms with Crippen molar-refractivity contribution in [2.75, 3.05) is 16.8 Å². The summed E-state index contributed by atoms with van der Waals surface area (Å²) in [6, 6.07) is 8.22. The third-order valence-electron chi connectivity index (χ3n) is 3.53. The average molecular weight is 287 g/mol. The van der Waals surface area contributed by atoms with Gasteiger partial charge in [0.05, 0.1) is 17.2 Å². The number of nitrogens with zero attached hydrogens (tertiary/aromatic N) is 2. The Bertz CT molecular complexity index is 580. The van der Waals surface area contributed by atoms with Crippen LogP contribution in [0, 0.1) is 0 Å². The Kier molecular flexibility index (Phi) is 3.69. The zero-order chi connectivity index (χ0) is 13.9. The Hall–Kier alpha value is -1.88. The van der Waals surface area contributed by atoms with Crippen LogP contribution in [0.2, 0.25) is 0 Å². The van der Waals surface area contributed by atoms with Crippen LogP contribution in [-0.2, 0) is 4.79 Å². The van der Waals surface area contributed by atoms with Gasteiger partial charge in [-0.1, -0.05) is 0 Å². The van der Waals surface area contributed by atoms with E-state index in [1.54, 1.807) is 11.3 Å². The molecule has 1 aliphatic rings. The van der Waals surface area contributed by atoms with E-state index < -0.39 is 0 Å². The summed E-state index contributed by atoms with van der Waals surface area (Å²) in [5, 5.41) is 5.46. The van der Waals surface area contributed by atoms with E-state index >= 15 is 0 Å². The van der Waals surface area contributed by atoms with Crippen molar-refractivity contribution in [3.05, 3.63) is 40.8 Å². The molecule has 1 unspecified atom stereocenters. The van der Waals surface area contributed by atoms with Crippen LogP contribution in [0.1, 0.15) is 31.5 Å². The molecular weight excluding hydrogens is 270 g/mol. The summed E-state index contributed by atoms with van der Waals surface area (Å²) in [5.41, 5.74) is 4.92. The van der Waals surface area contributed by atoms with Crippen molar-refractivity contribution in [3.63, 3.8) is 0 Å². The van der Waals surface area contributed by atoms with Crippen molar-refractivity contribution >= 4 is 28.6 Å². The van der Waals surface area contributed by atoms with E-state index in [1.807, 2.05) is 34.7 Å². The highest BCUT2D eigenvalue weighted by Gasteiger charge is 2.21. The summed E-state index contributed by atoms with van der Waals surface area (Å²) in [7, 11) is 0. The fourth-order valence-corrected chi connectivity index (χ4v) is 3.07. The molecule has 0 saturated carbocycles. The van der Waals surface area contributed by atoms with Crippen molar-refractivity contribution in [3.8, 4) is 0 Å². The maximum atomic E-state index is 11.7. The largest absolute Gasteiger partial charge is 0.377 e. The second-order valence-electron chi connectivity index (χ2n) is 4.98. The molecule has 104 valence electrons. The Balaban J connectivity index is 1.68. The van der Waals surface area contributed by atoms with Crippen molar-refractivity contribution in [2.24, 2.45) is 0 Å². The molecule has 1 fully saturated rings. The summed E-state index contributed by atoms with van der Waals surface area (Å²) >= 11 is 1.60. The number of aromatic nitrogens is 1. The molecule has 0 aliphatic carbocycles. The molecule has 2 heterocycles. The van der Waals surface area contributed by atoms with Crippen LogP contribution in [0.4, 0.5) is 11.4 Å². The molecule has 3 rings (SSSR count). The number of rotatable bonds is 4. The van der Waals surface area contributed by atoms with Crippen LogP contribution in [0.15, 0.2) is 35.2 Å². The van der Waals surface area contributed by atoms with Crippen LogP contribution < -0.4 is 10.2 Å². The Morgan fingerprint density at radius 2 is 2.15 bits per heavy atom. The molecule has 2 aromatic rings. The molecular formula is C15H17N3OS. The summed E-state index contributed by atoms with van der Waals surface area (Å²) in [4.78, 5) is 17.9. The number of nitrogens with one attached hydrogen (secondary N) is 1. The molecule has 0 bridgehead atoms. The number of thiazole rings is 1. The summed E-state index contributed by atoms with van der Waals surface area (Å²) in [6.07, 6.45) is 1.63. The van der Waals surface area contributed by atoms with Gasteiger partial charge in [0.2, 0.25) is 5.91 Å². The van der Waals surface area contributed by atoms with E-state index in [1.165, 1.54) is 0 Å². The van der Waals surface area contributed by atoms with Crippen LogP contribution in [0.5, 0.6) is 0 Å². The normalized spacial score (nSPS) is 16.4. The van der Waals surface area contributed by atoms with Crippen molar-refractivity contribution in [2.45, 2.75) is 25.8 Å². The molecule has 0 spiro atoms. The number of hydrogen-bond acceptors (Lipinski definition) is 4. The fourth-order valence-electron chi connectivity index (χ4n) is 2.42. The molecule has 4 nitrogen and oxygen atoms in total. The van der Waals surface area contributed by atoms with Gasteiger partial charge in [-0.15, -0.1) is 11.3 Å². The Labute approximate surface area is 122 Å². The van der Waals surface area contributed by atoms with E-state index in [0.717, 1.165) is 30.0 Å². The lowest BCUT2D eigenvalue weighted by Crippen LogP contribution is -2.23. The molecule has 5 heteroatoms. The first-order valence-electron chi connectivity index (χ1n) is 6.79. The van der Waals surface area contributed by atoms with E-state index in [9.17, 15) is 4.79 Å². The Morgan fingerprint density at radius 3 is 2.75 bits per heavy atom. The van der Waals surface area contributed by atoms with Crippen molar-refractivity contribution < 1.29 is 4.79 Å². The highest BCUT2D eigenvalue weighted by atomic mass is 32.1. The number of hydrogen-bond donors (Lipinski definition) is 1. The number of carbonyl (C=O) groups is 1. The average Bonchev–Trinajstić information content (AvgIpc) is 3.11.